The molecule has 2 fully saturated rings. The molecule has 0 radical (unpaired) electrons. The van der Waals surface area contributed by atoms with Gasteiger partial charge in [-0.3, -0.25) is 4.79 Å². The normalized spacial score (nSPS) is 34.7. The number of alkyl halides is 1. The highest BCUT2D eigenvalue weighted by atomic mass is 35.5. The van der Waals surface area contributed by atoms with Crippen LogP contribution in [0.15, 0.2) is 0 Å². The maximum Gasteiger partial charge on any atom is 0.238 e. The first-order valence-electron chi connectivity index (χ1n) is 7.12. The largest absolute Gasteiger partial charge is 0.352 e. The van der Waals surface area contributed by atoms with Gasteiger partial charge in [0.2, 0.25) is 5.91 Å². The van der Waals surface area contributed by atoms with Crippen molar-refractivity contribution in [2.45, 2.75) is 56.2 Å². The molecule has 2 aliphatic rings. The minimum atomic E-state index is -3.24. The van der Waals surface area contributed by atoms with E-state index in [0.29, 0.717) is 18.7 Å². The molecule has 0 aromatic heterocycles. The standard InChI is InChI=1S/C13H22ClNO3S/c14-9-10-5-1-2-6-11(10)15-13(16)12-7-3-4-8-19(12,17)18/h10-12H,1-9H2,(H,15,16). The van der Waals surface area contributed by atoms with Gasteiger partial charge in [0.1, 0.15) is 5.25 Å². The van der Waals surface area contributed by atoms with E-state index in [0.717, 1.165) is 32.1 Å². The number of hydrogen-bond donors (Lipinski definition) is 1. The third-order valence-corrected chi connectivity index (χ3v) is 6.88. The molecular formula is C13H22ClNO3S. The Bertz CT molecular complexity index is 424. The Morgan fingerprint density at radius 1 is 1.11 bits per heavy atom. The lowest BCUT2D eigenvalue weighted by atomic mass is 9.85. The second-order valence-corrected chi connectivity index (χ2v) is 8.28. The molecule has 0 spiro atoms. The zero-order valence-electron chi connectivity index (χ0n) is 11.1. The summed E-state index contributed by atoms with van der Waals surface area (Å²) in [5.41, 5.74) is 0. The third-order valence-electron chi connectivity index (χ3n) is 4.31. The second kappa shape index (κ2) is 6.44. The Morgan fingerprint density at radius 3 is 2.47 bits per heavy atom. The van der Waals surface area contributed by atoms with Crippen molar-refractivity contribution >= 4 is 27.3 Å². The summed E-state index contributed by atoms with van der Waals surface area (Å²) in [6, 6.07) is 0.0517. The highest BCUT2D eigenvalue weighted by Gasteiger charge is 2.36. The van der Waals surface area contributed by atoms with Gasteiger partial charge in [-0.1, -0.05) is 19.3 Å². The van der Waals surface area contributed by atoms with Crippen LogP contribution in [0.2, 0.25) is 0 Å². The summed E-state index contributed by atoms with van der Waals surface area (Å²) in [5.74, 6) is 0.657. The number of carbonyl (C=O) groups is 1. The molecule has 0 aromatic carbocycles. The van der Waals surface area contributed by atoms with Gasteiger partial charge in [-0.25, -0.2) is 8.42 Å². The molecule has 1 saturated heterocycles. The molecular weight excluding hydrogens is 286 g/mol. The van der Waals surface area contributed by atoms with Crippen molar-refractivity contribution in [1.82, 2.24) is 5.32 Å². The first kappa shape index (κ1) is 15.1. The SMILES string of the molecule is O=C(NC1CCCCC1CCl)C1CCCCS1(=O)=O. The number of nitrogens with one attached hydrogen (secondary N) is 1. The predicted octanol–water partition coefficient (Wildman–Crippen LogP) is 1.87. The average molecular weight is 308 g/mol. The van der Waals surface area contributed by atoms with Crippen molar-refractivity contribution < 1.29 is 13.2 Å². The maximum absolute atomic E-state index is 12.2. The monoisotopic (exact) mass is 307 g/mol. The van der Waals surface area contributed by atoms with Gasteiger partial charge in [0.25, 0.3) is 0 Å². The lowest BCUT2D eigenvalue weighted by molar-refractivity contribution is -0.122. The van der Waals surface area contributed by atoms with E-state index in [1.54, 1.807) is 0 Å². The van der Waals surface area contributed by atoms with E-state index >= 15 is 0 Å². The Morgan fingerprint density at radius 2 is 1.79 bits per heavy atom. The lowest BCUT2D eigenvalue weighted by Gasteiger charge is -2.32. The topological polar surface area (TPSA) is 63.2 Å². The second-order valence-electron chi connectivity index (χ2n) is 5.67. The van der Waals surface area contributed by atoms with Gasteiger partial charge in [0.05, 0.1) is 5.75 Å². The molecule has 0 bridgehead atoms. The maximum atomic E-state index is 12.2. The number of hydrogen-bond acceptors (Lipinski definition) is 3. The molecule has 6 heteroatoms. The van der Waals surface area contributed by atoms with E-state index < -0.39 is 15.1 Å². The molecule has 1 amide bonds. The smallest absolute Gasteiger partial charge is 0.238 e. The zero-order chi connectivity index (χ0) is 13.9. The van der Waals surface area contributed by atoms with E-state index in [1.807, 2.05) is 0 Å². The summed E-state index contributed by atoms with van der Waals surface area (Å²) < 4.78 is 23.9. The molecule has 19 heavy (non-hydrogen) atoms. The first-order chi connectivity index (χ1) is 9.04. The quantitative estimate of drug-likeness (QED) is 0.810. The van der Waals surface area contributed by atoms with E-state index in [2.05, 4.69) is 5.32 Å². The van der Waals surface area contributed by atoms with Gasteiger partial charge in [0.15, 0.2) is 9.84 Å². The van der Waals surface area contributed by atoms with Crippen molar-refractivity contribution in [3.63, 3.8) is 0 Å². The molecule has 1 aliphatic heterocycles. The number of amides is 1. The van der Waals surface area contributed by atoms with Gasteiger partial charge < -0.3 is 5.32 Å². The highest BCUT2D eigenvalue weighted by Crippen LogP contribution is 2.26. The number of sulfone groups is 1. The highest BCUT2D eigenvalue weighted by molar-refractivity contribution is 7.92. The van der Waals surface area contributed by atoms with Crippen molar-refractivity contribution in [2.75, 3.05) is 11.6 Å². The molecule has 1 saturated carbocycles. The summed E-state index contributed by atoms with van der Waals surface area (Å²) in [6.07, 6.45) is 6.12. The van der Waals surface area contributed by atoms with Crippen molar-refractivity contribution in [2.24, 2.45) is 5.92 Å². The van der Waals surface area contributed by atoms with Gasteiger partial charge in [-0.15, -0.1) is 11.6 Å². The average Bonchev–Trinajstić information content (AvgIpc) is 2.38. The van der Waals surface area contributed by atoms with Crippen LogP contribution in [-0.4, -0.2) is 37.2 Å². The molecule has 1 heterocycles. The molecule has 1 aliphatic carbocycles. The van der Waals surface area contributed by atoms with Crippen LogP contribution in [-0.2, 0) is 14.6 Å². The number of halogens is 1. The lowest BCUT2D eigenvalue weighted by Crippen LogP contribution is -2.50. The summed E-state index contributed by atoms with van der Waals surface area (Å²) in [4.78, 5) is 12.2. The fraction of sp³-hybridized carbons (Fsp3) is 0.923. The van der Waals surface area contributed by atoms with Crippen LogP contribution < -0.4 is 5.32 Å². The van der Waals surface area contributed by atoms with Crippen LogP contribution in [0, 0.1) is 5.92 Å². The van der Waals surface area contributed by atoms with Gasteiger partial charge >= 0.3 is 0 Å². The Kier molecular flexibility index (Phi) is 5.12. The summed E-state index contributed by atoms with van der Waals surface area (Å²) >= 11 is 5.93. The molecule has 3 atom stereocenters. The van der Waals surface area contributed by atoms with Gasteiger partial charge in [-0.05, 0) is 31.6 Å². The summed E-state index contributed by atoms with van der Waals surface area (Å²) in [7, 11) is -3.24. The minimum absolute atomic E-state index is 0.0517. The molecule has 3 unspecified atom stereocenters. The number of rotatable bonds is 3. The summed E-state index contributed by atoms with van der Waals surface area (Å²) in [6.45, 7) is 0. The fourth-order valence-corrected chi connectivity index (χ4v) is 5.29. The van der Waals surface area contributed by atoms with Crippen molar-refractivity contribution in [1.29, 1.82) is 0 Å². The fourth-order valence-electron chi connectivity index (χ4n) is 3.11. The van der Waals surface area contributed by atoms with Crippen LogP contribution in [0.3, 0.4) is 0 Å². The van der Waals surface area contributed by atoms with Gasteiger partial charge in [-0.2, -0.15) is 0 Å². The van der Waals surface area contributed by atoms with Crippen molar-refractivity contribution in [3.8, 4) is 0 Å². The molecule has 2 rings (SSSR count). The molecule has 0 aromatic rings. The number of carbonyl (C=O) groups excluding carboxylic acids is 1. The van der Waals surface area contributed by atoms with E-state index in [4.69, 9.17) is 11.6 Å². The Balaban J connectivity index is 1.99. The van der Waals surface area contributed by atoms with Crippen LogP contribution in [0.4, 0.5) is 0 Å². The van der Waals surface area contributed by atoms with Crippen molar-refractivity contribution in [3.05, 3.63) is 0 Å². The van der Waals surface area contributed by atoms with Crippen LogP contribution in [0.1, 0.15) is 44.9 Å². The Labute approximate surface area is 120 Å². The van der Waals surface area contributed by atoms with Crippen LogP contribution in [0.25, 0.3) is 0 Å². The van der Waals surface area contributed by atoms with Crippen LogP contribution in [0.5, 0.6) is 0 Å². The molecule has 110 valence electrons. The van der Waals surface area contributed by atoms with Gasteiger partial charge in [0, 0.05) is 11.9 Å². The predicted molar refractivity (Wildman–Crippen MR) is 76.0 cm³/mol. The van der Waals surface area contributed by atoms with Crippen LogP contribution >= 0.6 is 11.6 Å². The zero-order valence-corrected chi connectivity index (χ0v) is 12.7. The summed E-state index contributed by atoms with van der Waals surface area (Å²) in [5, 5.41) is 2.11. The third kappa shape index (κ3) is 3.63. The molecule has 1 N–H and O–H groups in total. The minimum Gasteiger partial charge on any atom is -0.352 e. The van der Waals surface area contributed by atoms with E-state index in [9.17, 15) is 13.2 Å². The van der Waals surface area contributed by atoms with E-state index in [-0.39, 0.29) is 23.6 Å². The first-order valence-corrected chi connectivity index (χ1v) is 9.37. The Hall–Kier alpha value is -0.290. The van der Waals surface area contributed by atoms with E-state index in [1.165, 1.54) is 0 Å². The molecule has 4 nitrogen and oxygen atoms in total.